The van der Waals surface area contributed by atoms with Crippen LogP contribution in [0.25, 0.3) is 38.8 Å². The largest absolute Gasteiger partial charge is 0.399 e. The van der Waals surface area contributed by atoms with Gasteiger partial charge in [0.2, 0.25) is 10.8 Å². The van der Waals surface area contributed by atoms with Gasteiger partial charge >= 0.3 is 0 Å². The lowest BCUT2D eigenvalue weighted by Gasteiger charge is -2.23. The molecule has 0 saturated carbocycles. The number of thiophene rings is 1. The van der Waals surface area contributed by atoms with E-state index in [4.69, 9.17) is 32.1 Å². The molecule has 4 aromatic heterocycles. The number of hydroxylamine groups is 1. The van der Waals surface area contributed by atoms with Gasteiger partial charge in [-0.1, -0.05) is 53.3 Å². The molecule has 8 rings (SSSR count). The maximum atomic E-state index is 14.4. The first-order chi connectivity index (χ1) is 20.0. The molecule has 2 aliphatic rings. The zero-order chi connectivity index (χ0) is 27.7. The summed E-state index contributed by atoms with van der Waals surface area (Å²) >= 11 is 9.36. The van der Waals surface area contributed by atoms with Gasteiger partial charge in [0.25, 0.3) is 5.56 Å². The fraction of sp³-hybridized carbons (Fsp3) is 0.129. The molecule has 5 heterocycles. The molecular weight excluding hydrogens is 574 g/mol. The number of nitrogens with zero attached hydrogens (tertiary/aromatic N) is 3. The predicted octanol–water partition coefficient (Wildman–Crippen LogP) is 7.13. The number of benzene rings is 2. The van der Waals surface area contributed by atoms with Crippen LogP contribution in [-0.2, 0) is 6.42 Å². The molecule has 0 amide bonds. The molecule has 2 aromatic carbocycles. The van der Waals surface area contributed by atoms with Crippen LogP contribution in [0.3, 0.4) is 0 Å². The number of nitrogens with two attached hydrogens (primary N) is 1. The van der Waals surface area contributed by atoms with Gasteiger partial charge in [0, 0.05) is 21.2 Å². The highest BCUT2D eigenvalue weighted by Crippen LogP contribution is 2.44. The van der Waals surface area contributed by atoms with Gasteiger partial charge in [-0.3, -0.25) is 4.79 Å². The lowest BCUT2D eigenvalue weighted by atomic mass is 9.84. The Labute approximate surface area is 247 Å². The van der Waals surface area contributed by atoms with E-state index in [1.807, 2.05) is 60.0 Å². The standard InChI is InChI=1S/C31H22ClN5O2S2/c32-19-10-8-17(9-11-19)23-21-4-1-3-18(15-16-6-12-20(33)13-7-16)25(21)34-28-24(23)29(38)37-30-27(41-31(37)35-28)26(36-39-30)22-5-2-14-40-22/h2,5-15,26,36H,1,3-4,33H2/b18-15-. The second-order valence-corrected chi connectivity index (χ2v) is 12.6. The number of nitrogens with one attached hydrogen (secondary N) is 1. The summed E-state index contributed by atoms with van der Waals surface area (Å²) in [5, 5.41) is 3.15. The van der Waals surface area contributed by atoms with E-state index in [0.29, 0.717) is 26.9 Å². The van der Waals surface area contributed by atoms with Crippen LogP contribution in [0.1, 0.15) is 45.5 Å². The third-order valence-electron chi connectivity index (χ3n) is 7.65. The van der Waals surface area contributed by atoms with E-state index < -0.39 is 0 Å². The van der Waals surface area contributed by atoms with Crippen molar-refractivity contribution in [2.45, 2.75) is 25.3 Å². The molecule has 0 saturated heterocycles. The van der Waals surface area contributed by atoms with Crippen LogP contribution in [0.15, 0.2) is 70.8 Å². The number of allylic oxidation sites excluding steroid dienone is 1. The minimum atomic E-state index is -0.189. The van der Waals surface area contributed by atoms with Crippen molar-refractivity contribution in [2.24, 2.45) is 0 Å². The molecule has 0 fully saturated rings. The number of fused-ring (bicyclic) bond motifs is 5. The van der Waals surface area contributed by atoms with Gasteiger partial charge in [0.05, 0.1) is 16.0 Å². The molecule has 7 nitrogen and oxygen atoms in total. The summed E-state index contributed by atoms with van der Waals surface area (Å²) in [5.74, 6) is 0.492. The Hall–Kier alpha value is -4.02. The van der Waals surface area contributed by atoms with Crippen molar-refractivity contribution in [3.8, 4) is 17.0 Å². The number of hydrogen-bond donors (Lipinski definition) is 2. The third kappa shape index (κ3) is 3.99. The maximum absolute atomic E-state index is 14.4. The van der Waals surface area contributed by atoms with Crippen LogP contribution in [0.2, 0.25) is 5.02 Å². The molecule has 6 aromatic rings. The van der Waals surface area contributed by atoms with Crippen LogP contribution in [0, 0.1) is 0 Å². The number of aromatic nitrogens is 3. The van der Waals surface area contributed by atoms with E-state index in [2.05, 4.69) is 17.6 Å². The van der Waals surface area contributed by atoms with Crippen LogP contribution in [-0.4, -0.2) is 14.4 Å². The summed E-state index contributed by atoms with van der Waals surface area (Å²) in [7, 11) is 0. The smallest absolute Gasteiger partial charge is 0.271 e. The number of thiazole rings is 1. The highest BCUT2D eigenvalue weighted by molar-refractivity contribution is 7.17. The first-order valence-electron chi connectivity index (χ1n) is 13.3. The van der Waals surface area contributed by atoms with Gasteiger partial charge in [0.15, 0.2) is 5.65 Å². The van der Waals surface area contributed by atoms with E-state index >= 15 is 0 Å². The predicted molar refractivity (Wildman–Crippen MR) is 167 cm³/mol. The van der Waals surface area contributed by atoms with Gasteiger partial charge in [-0.15, -0.1) is 16.8 Å². The van der Waals surface area contributed by atoms with Crippen molar-refractivity contribution >= 4 is 67.6 Å². The van der Waals surface area contributed by atoms with Crippen molar-refractivity contribution < 1.29 is 4.84 Å². The zero-order valence-electron chi connectivity index (χ0n) is 21.6. The molecule has 41 heavy (non-hydrogen) atoms. The number of rotatable bonds is 3. The zero-order valence-corrected chi connectivity index (χ0v) is 23.9. The van der Waals surface area contributed by atoms with Crippen molar-refractivity contribution in [1.82, 2.24) is 19.8 Å². The fourth-order valence-corrected chi connectivity index (χ4v) is 7.85. The molecule has 0 spiro atoms. The van der Waals surface area contributed by atoms with Gasteiger partial charge in [-0.2, -0.15) is 4.98 Å². The maximum Gasteiger partial charge on any atom is 0.271 e. The first-order valence-corrected chi connectivity index (χ1v) is 15.3. The minimum Gasteiger partial charge on any atom is -0.399 e. The lowest BCUT2D eigenvalue weighted by Crippen LogP contribution is -2.21. The van der Waals surface area contributed by atoms with Gasteiger partial charge < -0.3 is 10.6 Å². The van der Waals surface area contributed by atoms with Crippen molar-refractivity contribution in [3.05, 3.63) is 108 Å². The van der Waals surface area contributed by atoms with Crippen LogP contribution < -0.4 is 21.6 Å². The van der Waals surface area contributed by atoms with Crippen LogP contribution in [0.4, 0.5) is 5.69 Å². The highest BCUT2D eigenvalue weighted by Gasteiger charge is 2.34. The molecule has 1 aliphatic carbocycles. The molecule has 0 radical (unpaired) electrons. The summed E-state index contributed by atoms with van der Waals surface area (Å²) in [5.41, 5.74) is 15.9. The molecule has 202 valence electrons. The van der Waals surface area contributed by atoms with Crippen molar-refractivity contribution in [2.75, 3.05) is 5.73 Å². The van der Waals surface area contributed by atoms with E-state index in [9.17, 15) is 4.79 Å². The number of pyridine rings is 1. The second kappa shape index (κ2) is 9.53. The van der Waals surface area contributed by atoms with Gasteiger partial charge in [-0.25, -0.2) is 9.38 Å². The average Bonchev–Trinajstić information content (AvgIpc) is 3.72. The van der Waals surface area contributed by atoms with E-state index in [1.54, 1.807) is 15.7 Å². The number of hydrogen-bond acceptors (Lipinski definition) is 8. The fourth-order valence-electron chi connectivity index (χ4n) is 5.77. The van der Waals surface area contributed by atoms with Crippen LogP contribution >= 0.6 is 34.3 Å². The van der Waals surface area contributed by atoms with Crippen molar-refractivity contribution in [3.63, 3.8) is 0 Å². The molecule has 0 bridgehead atoms. The molecular formula is C31H22ClN5O2S2. The summed E-state index contributed by atoms with van der Waals surface area (Å²) in [6.07, 6.45) is 4.80. The molecule has 10 heteroatoms. The molecule has 1 aliphatic heterocycles. The number of anilines is 1. The Morgan fingerprint density at radius 2 is 1.90 bits per heavy atom. The summed E-state index contributed by atoms with van der Waals surface area (Å²) in [6.45, 7) is 0. The summed E-state index contributed by atoms with van der Waals surface area (Å²) in [4.78, 5) is 33.0. The Morgan fingerprint density at radius 3 is 2.68 bits per heavy atom. The molecule has 1 unspecified atom stereocenters. The monoisotopic (exact) mass is 595 g/mol. The second-order valence-electron chi connectivity index (χ2n) is 10.2. The first kappa shape index (κ1) is 24.8. The van der Waals surface area contributed by atoms with Crippen molar-refractivity contribution in [1.29, 1.82) is 0 Å². The quantitative estimate of drug-likeness (QED) is 0.211. The topological polar surface area (TPSA) is 94.5 Å². The average molecular weight is 596 g/mol. The highest BCUT2D eigenvalue weighted by atomic mass is 35.5. The van der Waals surface area contributed by atoms with E-state index in [-0.39, 0.29) is 11.6 Å². The third-order valence-corrected chi connectivity index (χ3v) is 9.93. The van der Waals surface area contributed by atoms with Gasteiger partial charge in [-0.05, 0) is 83.3 Å². The number of nitrogen functional groups attached to an aromatic ring is 1. The Kier molecular flexibility index (Phi) is 5.75. The normalized spacial score (nSPS) is 17.2. The molecule has 3 N–H and O–H groups in total. The minimum absolute atomic E-state index is 0.148. The van der Waals surface area contributed by atoms with E-state index in [1.165, 1.54) is 11.3 Å². The Morgan fingerprint density at radius 1 is 1.07 bits per heavy atom. The SMILES string of the molecule is Nc1ccc(/C=C2/CCCc3c2nc2nc4sc5c(n4c(=O)c2c3-c2ccc(Cl)cc2)ONC5c2cccs2)cc1. The lowest BCUT2D eigenvalue weighted by molar-refractivity contribution is 0.198. The van der Waals surface area contributed by atoms with E-state index in [0.717, 1.165) is 68.2 Å². The van der Waals surface area contributed by atoms with Crippen LogP contribution in [0.5, 0.6) is 5.88 Å². The summed E-state index contributed by atoms with van der Waals surface area (Å²) < 4.78 is 1.59. The Balaban J connectivity index is 1.42. The summed E-state index contributed by atoms with van der Waals surface area (Å²) in [6, 6.07) is 19.4. The van der Waals surface area contributed by atoms with Gasteiger partial charge in [0.1, 0.15) is 6.04 Å². The number of halogens is 1. The Bertz CT molecular complexity index is 2060. The molecule has 1 atom stereocenters.